The highest BCUT2D eigenvalue weighted by molar-refractivity contribution is 14.0. The molecule has 6 nitrogen and oxygen atoms in total. The zero-order chi connectivity index (χ0) is 20.5. The molecule has 0 spiro atoms. The van der Waals surface area contributed by atoms with Gasteiger partial charge in [-0.15, -0.1) is 24.0 Å². The second kappa shape index (κ2) is 13.1. The lowest BCUT2D eigenvalue weighted by Gasteiger charge is -2.22. The summed E-state index contributed by atoms with van der Waals surface area (Å²) in [7, 11) is 1.80. The highest BCUT2D eigenvalue weighted by Crippen LogP contribution is 2.23. The lowest BCUT2D eigenvalue weighted by atomic mass is 9.89. The molecule has 2 atom stereocenters. The van der Waals surface area contributed by atoms with Crippen LogP contribution in [-0.4, -0.2) is 55.5 Å². The van der Waals surface area contributed by atoms with Gasteiger partial charge in [-0.2, -0.15) is 0 Å². The largest absolute Gasteiger partial charge is 0.355 e. The van der Waals surface area contributed by atoms with E-state index in [1.54, 1.807) is 7.05 Å². The number of aliphatic imine (C=N–C) groups is 1. The van der Waals surface area contributed by atoms with E-state index in [0.717, 1.165) is 38.3 Å². The third-order valence-corrected chi connectivity index (χ3v) is 6.19. The third-order valence-electron chi connectivity index (χ3n) is 6.19. The second-order valence-electron chi connectivity index (χ2n) is 8.47. The van der Waals surface area contributed by atoms with E-state index in [1.165, 1.54) is 24.8 Å². The van der Waals surface area contributed by atoms with Crippen molar-refractivity contribution in [1.29, 1.82) is 0 Å². The predicted molar refractivity (Wildman–Crippen MR) is 134 cm³/mol. The smallest absolute Gasteiger partial charge is 0.223 e. The molecule has 3 rings (SSSR count). The molecule has 1 amide bonds. The van der Waals surface area contributed by atoms with Gasteiger partial charge in [0.05, 0.1) is 0 Å². The first-order valence-electron chi connectivity index (χ1n) is 11.2. The van der Waals surface area contributed by atoms with Gasteiger partial charge in [-0.05, 0) is 31.7 Å². The molecule has 0 radical (unpaired) electrons. The fourth-order valence-corrected chi connectivity index (χ4v) is 4.50. The normalized spacial score (nSPS) is 22.9. The number of likely N-dealkylation sites (tertiary alicyclic amines) is 1. The Morgan fingerprint density at radius 1 is 1.10 bits per heavy atom. The quantitative estimate of drug-likeness (QED) is 0.221. The Morgan fingerprint density at radius 3 is 2.50 bits per heavy atom. The Morgan fingerprint density at radius 2 is 1.80 bits per heavy atom. The first-order valence-corrected chi connectivity index (χ1v) is 11.2. The topological polar surface area (TPSA) is 68.8 Å². The molecule has 1 aliphatic heterocycles. The van der Waals surface area contributed by atoms with Gasteiger partial charge in [-0.1, -0.05) is 49.6 Å². The van der Waals surface area contributed by atoms with Crippen LogP contribution in [0.1, 0.15) is 51.0 Å². The van der Waals surface area contributed by atoms with Gasteiger partial charge >= 0.3 is 0 Å². The lowest BCUT2D eigenvalue weighted by Crippen LogP contribution is -2.47. The van der Waals surface area contributed by atoms with Crippen LogP contribution in [-0.2, 0) is 11.3 Å². The molecule has 7 heteroatoms. The Balaban J connectivity index is 0.00000320. The molecular weight excluding hydrogens is 489 g/mol. The van der Waals surface area contributed by atoms with Crippen molar-refractivity contribution in [3.63, 3.8) is 0 Å². The van der Waals surface area contributed by atoms with Crippen LogP contribution in [0.15, 0.2) is 35.3 Å². The van der Waals surface area contributed by atoms with Gasteiger partial charge in [0, 0.05) is 51.2 Å². The average Bonchev–Trinajstić information content (AvgIpc) is 3.10. The first-order chi connectivity index (χ1) is 14.2. The standard InChI is InChI=1S/C23H37N5O.HI/c1-18-15-21(17-28(18)16-19-9-5-3-6-10-19)27-23(24-2)26-14-13-25-22(29)20-11-7-4-8-12-20;/h3,5-6,9-10,18,20-21H,4,7-8,11-17H2,1-2H3,(H,25,29)(H2,24,26,27);1H. The number of carbonyl (C=O) groups excluding carboxylic acids is 1. The van der Waals surface area contributed by atoms with Gasteiger partial charge in [0.15, 0.2) is 5.96 Å². The molecule has 2 fully saturated rings. The number of halogens is 1. The zero-order valence-electron chi connectivity index (χ0n) is 18.4. The number of carbonyl (C=O) groups is 1. The molecule has 2 unspecified atom stereocenters. The van der Waals surface area contributed by atoms with Crippen LogP contribution in [0, 0.1) is 5.92 Å². The van der Waals surface area contributed by atoms with E-state index >= 15 is 0 Å². The second-order valence-corrected chi connectivity index (χ2v) is 8.47. The minimum Gasteiger partial charge on any atom is -0.355 e. The number of benzene rings is 1. The van der Waals surface area contributed by atoms with Crippen molar-refractivity contribution in [2.24, 2.45) is 10.9 Å². The molecule has 1 aliphatic carbocycles. The number of hydrogen-bond acceptors (Lipinski definition) is 3. The Bertz CT molecular complexity index is 663. The van der Waals surface area contributed by atoms with Crippen LogP contribution in [0.25, 0.3) is 0 Å². The molecule has 0 aromatic heterocycles. The van der Waals surface area contributed by atoms with E-state index in [9.17, 15) is 4.79 Å². The van der Waals surface area contributed by atoms with Crippen molar-refractivity contribution in [3.05, 3.63) is 35.9 Å². The fourth-order valence-electron chi connectivity index (χ4n) is 4.50. The van der Waals surface area contributed by atoms with Crippen LogP contribution < -0.4 is 16.0 Å². The summed E-state index contributed by atoms with van der Waals surface area (Å²) < 4.78 is 0. The lowest BCUT2D eigenvalue weighted by molar-refractivity contribution is -0.125. The molecule has 1 saturated carbocycles. The zero-order valence-corrected chi connectivity index (χ0v) is 20.7. The SMILES string of the molecule is CN=C(NCCNC(=O)C1CCCCC1)NC1CC(C)N(Cc2ccccc2)C1.I. The molecular formula is C23H38IN5O. The third kappa shape index (κ3) is 7.72. The molecule has 1 aromatic rings. The summed E-state index contributed by atoms with van der Waals surface area (Å²) >= 11 is 0. The molecule has 0 bridgehead atoms. The number of nitrogens with zero attached hydrogens (tertiary/aromatic N) is 2. The number of guanidine groups is 1. The van der Waals surface area contributed by atoms with Crippen LogP contribution in [0.3, 0.4) is 0 Å². The molecule has 168 valence electrons. The Kier molecular flexibility index (Phi) is 10.9. The van der Waals surface area contributed by atoms with E-state index in [0.29, 0.717) is 25.2 Å². The first kappa shape index (κ1) is 24.9. The Labute approximate surface area is 198 Å². The maximum Gasteiger partial charge on any atom is 0.223 e. The van der Waals surface area contributed by atoms with E-state index in [4.69, 9.17) is 0 Å². The van der Waals surface area contributed by atoms with Crippen LogP contribution in [0.5, 0.6) is 0 Å². The van der Waals surface area contributed by atoms with Crippen molar-refractivity contribution in [2.45, 2.75) is 64.1 Å². The van der Waals surface area contributed by atoms with E-state index < -0.39 is 0 Å². The summed E-state index contributed by atoms with van der Waals surface area (Å²) in [6, 6.07) is 11.6. The van der Waals surface area contributed by atoms with Crippen molar-refractivity contribution in [3.8, 4) is 0 Å². The van der Waals surface area contributed by atoms with Crippen molar-refractivity contribution < 1.29 is 4.79 Å². The van der Waals surface area contributed by atoms with Gasteiger partial charge in [-0.3, -0.25) is 14.7 Å². The number of rotatable bonds is 7. The monoisotopic (exact) mass is 527 g/mol. The highest BCUT2D eigenvalue weighted by Gasteiger charge is 2.29. The molecule has 30 heavy (non-hydrogen) atoms. The van der Waals surface area contributed by atoms with Crippen LogP contribution in [0.2, 0.25) is 0 Å². The summed E-state index contributed by atoms with van der Waals surface area (Å²) in [5.41, 5.74) is 1.36. The fraction of sp³-hybridized carbons (Fsp3) is 0.652. The van der Waals surface area contributed by atoms with E-state index in [1.807, 2.05) is 0 Å². The van der Waals surface area contributed by atoms with Crippen LogP contribution in [0.4, 0.5) is 0 Å². The van der Waals surface area contributed by atoms with Crippen molar-refractivity contribution in [2.75, 3.05) is 26.7 Å². The average molecular weight is 527 g/mol. The maximum atomic E-state index is 12.2. The van der Waals surface area contributed by atoms with Gasteiger partial charge < -0.3 is 16.0 Å². The van der Waals surface area contributed by atoms with Crippen molar-refractivity contribution in [1.82, 2.24) is 20.9 Å². The van der Waals surface area contributed by atoms with Gasteiger partial charge in [0.25, 0.3) is 0 Å². The number of amides is 1. The molecule has 3 N–H and O–H groups in total. The summed E-state index contributed by atoms with van der Waals surface area (Å²) in [5.74, 6) is 1.25. The predicted octanol–water partition coefficient (Wildman–Crippen LogP) is 3.13. The summed E-state index contributed by atoms with van der Waals surface area (Å²) in [4.78, 5) is 19.1. The van der Waals surface area contributed by atoms with Gasteiger partial charge in [-0.25, -0.2) is 0 Å². The number of nitrogens with one attached hydrogen (secondary N) is 3. The molecule has 1 heterocycles. The summed E-state index contributed by atoms with van der Waals surface area (Å²) in [6.45, 7) is 5.61. The number of hydrogen-bond donors (Lipinski definition) is 3. The molecule has 1 saturated heterocycles. The minimum absolute atomic E-state index is 0. The van der Waals surface area contributed by atoms with E-state index in [2.05, 4.69) is 63.1 Å². The van der Waals surface area contributed by atoms with Crippen molar-refractivity contribution >= 4 is 35.8 Å². The van der Waals surface area contributed by atoms with Gasteiger partial charge in [0.1, 0.15) is 0 Å². The summed E-state index contributed by atoms with van der Waals surface area (Å²) in [5, 5.41) is 9.96. The highest BCUT2D eigenvalue weighted by atomic mass is 127. The maximum absolute atomic E-state index is 12.2. The molecule has 1 aromatic carbocycles. The molecule has 2 aliphatic rings. The Hall–Kier alpha value is -1.35. The van der Waals surface area contributed by atoms with Gasteiger partial charge in [0.2, 0.25) is 5.91 Å². The minimum atomic E-state index is 0. The van der Waals surface area contributed by atoms with E-state index in [-0.39, 0.29) is 35.8 Å². The van der Waals surface area contributed by atoms with Crippen LogP contribution >= 0.6 is 24.0 Å². The summed E-state index contributed by atoms with van der Waals surface area (Å²) in [6.07, 6.45) is 6.84.